The maximum Gasteiger partial charge on any atom is 0.0582 e. The predicted molar refractivity (Wildman–Crippen MR) is 166 cm³/mol. The van der Waals surface area contributed by atoms with Gasteiger partial charge in [-0.15, -0.1) is 35.4 Å². The van der Waals surface area contributed by atoms with Crippen LogP contribution in [0.3, 0.4) is 0 Å². The largest absolute Gasteiger partial charge is 0.309 e. The maximum atomic E-state index is 4.54. The Bertz CT molecular complexity index is 2070. The van der Waals surface area contributed by atoms with E-state index in [0.717, 1.165) is 16.8 Å². The summed E-state index contributed by atoms with van der Waals surface area (Å²) in [5, 5.41) is 2.56. The molecular formula is C38H27IrN2-. The van der Waals surface area contributed by atoms with Crippen molar-refractivity contribution >= 4 is 21.8 Å². The van der Waals surface area contributed by atoms with E-state index in [4.69, 9.17) is 0 Å². The van der Waals surface area contributed by atoms with Crippen LogP contribution in [0.1, 0.15) is 25.0 Å². The normalized spacial score (nSPS) is 13.1. The van der Waals surface area contributed by atoms with Gasteiger partial charge in [-0.2, -0.15) is 0 Å². The Morgan fingerprint density at radius 2 is 1.39 bits per heavy atom. The number of aromatic nitrogens is 2. The molecule has 0 atom stereocenters. The molecule has 199 valence electrons. The van der Waals surface area contributed by atoms with Crippen LogP contribution in [0.5, 0.6) is 0 Å². The van der Waals surface area contributed by atoms with E-state index in [9.17, 15) is 0 Å². The molecule has 2 aromatic heterocycles. The van der Waals surface area contributed by atoms with Crippen molar-refractivity contribution in [1.82, 2.24) is 9.55 Å². The van der Waals surface area contributed by atoms with Crippen molar-refractivity contribution in [3.05, 3.63) is 145 Å². The average molecular weight is 704 g/mol. The van der Waals surface area contributed by atoms with Gasteiger partial charge < -0.3 is 9.55 Å². The SMILES string of the molecule is CC1(C)c2ccccc2-n2c3ccc(-c4cc[c-]c(-c5ccccn5)c4)cc3c3cc(-c4ccccc4)cc1c32.[Ir]. The average Bonchev–Trinajstić information content (AvgIpc) is 3.34. The van der Waals surface area contributed by atoms with Gasteiger partial charge in [0, 0.05) is 42.5 Å². The van der Waals surface area contributed by atoms with Crippen LogP contribution in [-0.2, 0) is 25.5 Å². The fourth-order valence-corrected chi connectivity index (χ4v) is 6.51. The van der Waals surface area contributed by atoms with Gasteiger partial charge in [0.25, 0.3) is 0 Å². The molecule has 0 N–H and O–H groups in total. The third kappa shape index (κ3) is 3.92. The van der Waals surface area contributed by atoms with E-state index in [0.29, 0.717) is 0 Å². The zero-order valence-corrected chi connectivity index (χ0v) is 25.2. The summed E-state index contributed by atoms with van der Waals surface area (Å²) in [6, 6.07) is 47.1. The summed E-state index contributed by atoms with van der Waals surface area (Å²) in [5.74, 6) is 0. The molecule has 0 unspecified atom stereocenters. The van der Waals surface area contributed by atoms with Gasteiger partial charge >= 0.3 is 0 Å². The van der Waals surface area contributed by atoms with E-state index in [2.05, 4.69) is 127 Å². The number of fused-ring (bicyclic) bond motifs is 5. The van der Waals surface area contributed by atoms with Crippen molar-refractivity contribution in [2.45, 2.75) is 19.3 Å². The first kappa shape index (κ1) is 25.7. The van der Waals surface area contributed by atoms with Crippen molar-refractivity contribution in [3.63, 3.8) is 0 Å². The van der Waals surface area contributed by atoms with Gasteiger partial charge in [0.05, 0.1) is 16.7 Å². The van der Waals surface area contributed by atoms with Gasteiger partial charge in [-0.1, -0.05) is 80.6 Å². The summed E-state index contributed by atoms with van der Waals surface area (Å²) in [5.41, 5.74) is 13.2. The molecule has 7 aromatic rings. The van der Waals surface area contributed by atoms with Gasteiger partial charge in [-0.3, -0.25) is 0 Å². The van der Waals surface area contributed by atoms with E-state index in [1.54, 1.807) is 0 Å². The first-order valence-electron chi connectivity index (χ1n) is 13.8. The molecule has 0 fully saturated rings. The van der Waals surface area contributed by atoms with Crippen LogP contribution >= 0.6 is 0 Å². The second-order valence-corrected chi connectivity index (χ2v) is 11.2. The smallest absolute Gasteiger partial charge is 0.0582 e. The Morgan fingerprint density at radius 3 is 2.22 bits per heavy atom. The third-order valence-electron chi connectivity index (χ3n) is 8.54. The number of hydrogen-bond donors (Lipinski definition) is 0. The van der Waals surface area contributed by atoms with Crippen molar-refractivity contribution in [2.24, 2.45) is 0 Å². The molecule has 0 saturated carbocycles. The molecule has 0 bridgehead atoms. The Hall–Kier alpha value is -4.30. The molecule has 0 saturated heterocycles. The second kappa shape index (κ2) is 9.66. The molecule has 1 aliphatic heterocycles. The first-order valence-corrected chi connectivity index (χ1v) is 13.8. The van der Waals surface area contributed by atoms with Crippen LogP contribution in [0.4, 0.5) is 0 Å². The van der Waals surface area contributed by atoms with Crippen LogP contribution in [0.2, 0.25) is 0 Å². The number of para-hydroxylation sites is 1. The van der Waals surface area contributed by atoms with E-state index < -0.39 is 0 Å². The summed E-state index contributed by atoms with van der Waals surface area (Å²) in [6.07, 6.45) is 1.83. The molecule has 1 radical (unpaired) electrons. The van der Waals surface area contributed by atoms with E-state index >= 15 is 0 Å². The molecule has 0 amide bonds. The maximum absolute atomic E-state index is 4.54. The fourth-order valence-electron chi connectivity index (χ4n) is 6.51. The molecule has 3 heterocycles. The molecule has 1 aliphatic rings. The van der Waals surface area contributed by atoms with Crippen molar-refractivity contribution in [2.75, 3.05) is 0 Å². The van der Waals surface area contributed by atoms with Gasteiger partial charge in [-0.25, -0.2) is 0 Å². The number of hydrogen-bond acceptors (Lipinski definition) is 1. The number of pyridine rings is 1. The zero-order chi connectivity index (χ0) is 26.8. The molecule has 0 aliphatic carbocycles. The summed E-state index contributed by atoms with van der Waals surface area (Å²) in [6.45, 7) is 4.73. The summed E-state index contributed by atoms with van der Waals surface area (Å²) < 4.78 is 2.48. The summed E-state index contributed by atoms with van der Waals surface area (Å²) >= 11 is 0. The Labute approximate surface area is 253 Å². The summed E-state index contributed by atoms with van der Waals surface area (Å²) in [4.78, 5) is 4.54. The second-order valence-electron chi connectivity index (χ2n) is 11.2. The van der Waals surface area contributed by atoms with Crippen molar-refractivity contribution < 1.29 is 20.1 Å². The first-order chi connectivity index (χ1) is 19.6. The Kier molecular flexibility index (Phi) is 6.05. The Balaban J connectivity index is 0.00000276. The minimum Gasteiger partial charge on any atom is -0.309 e. The van der Waals surface area contributed by atoms with Gasteiger partial charge in [0.2, 0.25) is 0 Å². The number of rotatable bonds is 3. The van der Waals surface area contributed by atoms with Gasteiger partial charge in [0.1, 0.15) is 0 Å². The molecule has 3 heteroatoms. The molecule has 41 heavy (non-hydrogen) atoms. The molecule has 5 aromatic carbocycles. The standard InChI is InChI=1S/C38H27N2.Ir/c1-38(2)32-15-6-7-17-36(32)40-35-19-18-27(26-13-10-14-28(21-26)34-16-8-9-20-39-34)22-30(35)31-23-29(24-33(38)37(31)40)25-11-4-3-5-12-25;/h3-13,15-24H,1-2H3;/q-1;. The Morgan fingerprint density at radius 1 is 0.634 bits per heavy atom. The molecule has 2 nitrogen and oxygen atoms in total. The monoisotopic (exact) mass is 704 g/mol. The topological polar surface area (TPSA) is 17.8 Å². The van der Waals surface area contributed by atoms with Crippen LogP contribution < -0.4 is 0 Å². The third-order valence-corrected chi connectivity index (χ3v) is 8.54. The zero-order valence-electron chi connectivity index (χ0n) is 22.9. The van der Waals surface area contributed by atoms with Crippen molar-refractivity contribution in [3.8, 4) is 39.2 Å². The predicted octanol–water partition coefficient (Wildman–Crippen LogP) is 9.62. The van der Waals surface area contributed by atoms with Crippen molar-refractivity contribution in [1.29, 1.82) is 0 Å². The number of nitrogens with zero attached hydrogens (tertiary/aromatic N) is 2. The molecular weight excluding hydrogens is 677 g/mol. The quantitative estimate of drug-likeness (QED) is 0.168. The van der Waals surface area contributed by atoms with Crippen LogP contribution in [0.15, 0.2) is 128 Å². The molecule has 8 rings (SSSR count). The summed E-state index contributed by atoms with van der Waals surface area (Å²) in [7, 11) is 0. The fraction of sp³-hybridized carbons (Fsp3) is 0.0789. The minimum absolute atomic E-state index is 0. The van der Waals surface area contributed by atoms with Crippen LogP contribution in [-0.4, -0.2) is 9.55 Å². The molecule has 0 spiro atoms. The van der Waals surface area contributed by atoms with Crippen LogP contribution in [0, 0.1) is 6.07 Å². The van der Waals surface area contributed by atoms with Gasteiger partial charge in [-0.05, 0) is 69.9 Å². The van der Waals surface area contributed by atoms with E-state index in [1.165, 1.54) is 55.3 Å². The minimum atomic E-state index is -0.125. The van der Waals surface area contributed by atoms with E-state index in [-0.39, 0.29) is 25.5 Å². The van der Waals surface area contributed by atoms with E-state index in [1.807, 2.05) is 30.5 Å². The van der Waals surface area contributed by atoms with Gasteiger partial charge in [0.15, 0.2) is 0 Å². The number of benzene rings is 5. The van der Waals surface area contributed by atoms with Crippen LogP contribution in [0.25, 0.3) is 61.0 Å².